The Balaban J connectivity index is 1.54. The van der Waals surface area contributed by atoms with Crippen molar-refractivity contribution in [1.82, 2.24) is 15.1 Å². The summed E-state index contributed by atoms with van der Waals surface area (Å²) in [7, 11) is 0. The van der Waals surface area contributed by atoms with Gasteiger partial charge in [0.25, 0.3) is 0 Å². The molecule has 0 spiro atoms. The van der Waals surface area contributed by atoms with E-state index >= 15 is 0 Å². The van der Waals surface area contributed by atoms with Crippen molar-refractivity contribution >= 4 is 11.6 Å². The maximum absolute atomic E-state index is 11.6. The molecule has 0 aliphatic carbocycles. The van der Waals surface area contributed by atoms with Gasteiger partial charge in [-0.15, -0.1) is 0 Å². The van der Waals surface area contributed by atoms with Crippen LogP contribution in [0.2, 0.25) is 0 Å². The van der Waals surface area contributed by atoms with Gasteiger partial charge in [-0.1, -0.05) is 0 Å². The summed E-state index contributed by atoms with van der Waals surface area (Å²) < 4.78 is 7.31. The highest BCUT2D eigenvalue weighted by Gasteiger charge is 2.01. The number of aryl methyl sites for hydroxylation is 1. The number of hydrogen-bond acceptors (Lipinski definition) is 4. The topological polar surface area (TPSA) is 82.2 Å². The Morgan fingerprint density at radius 3 is 2.86 bits per heavy atom. The molecule has 0 fully saturated rings. The summed E-state index contributed by atoms with van der Waals surface area (Å²) >= 11 is 0. The zero-order chi connectivity index (χ0) is 14.9. The van der Waals surface area contributed by atoms with Crippen LogP contribution in [0.3, 0.4) is 0 Å². The van der Waals surface area contributed by atoms with Crippen molar-refractivity contribution < 1.29 is 9.53 Å². The summed E-state index contributed by atoms with van der Waals surface area (Å²) in [5.41, 5.74) is 6.27. The summed E-state index contributed by atoms with van der Waals surface area (Å²) in [6, 6.07) is 9.00. The number of nitrogens with one attached hydrogen (secondary N) is 1. The van der Waals surface area contributed by atoms with Gasteiger partial charge in [-0.25, -0.2) is 0 Å². The molecule has 1 heterocycles. The third kappa shape index (κ3) is 5.56. The Morgan fingerprint density at radius 2 is 2.14 bits per heavy atom. The number of anilines is 1. The van der Waals surface area contributed by atoms with Gasteiger partial charge in [0.2, 0.25) is 5.91 Å². The van der Waals surface area contributed by atoms with E-state index in [2.05, 4.69) is 10.4 Å². The second-order valence-corrected chi connectivity index (χ2v) is 4.64. The molecule has 0 aliphatic rings. The second-order valence-electron chi connectivity index (χ2n) is 4.64. The Hall–Kier alpha value is -2.50. The highest BCUT2D eigenvalue weighted by Crippen LogP contribution is 2.12. The highest BCUT2D eigenvalue weighted by molar-refractivity contribution is 5.75. The van der Waals surface area contributed by atoms with E-state index in [-0.39, 0.29) is 5.91 Å². The molecule has 0 bridgehead atoms. The average Bonchev–Trinajstić information content (AvgIpc) is 2.99. The Bertz CT molecular complexity index is 537. The largest absolute Gasteiger partial charge is 0.493 e. The lowest BCUT2D eigenvalue weighted by molar-refractivity contribution is -0.121. The molecule has 2 rings (SSSR count). The van der Waals surface area contributed by atoms with Crippen LogP contribution in [0.5, 0.6) is 5.75 Å². The Labute approximate surface area is 123 Å². The number of carbonyl (C=O) groups excluding carboxylic acids is 1. The van der Waals surface area contributed by atoms with Crippen molar-refractivity contribution in [2.24, 2.45) is 0 Å². The first-order valence-electron chi connectivity index (χ1n) is 6.96. The number of ether oxygens (including phenoxy) is 1. The molecular weight excluding hydrogens is 268 g/mol. The van der Waals surface area contributed by atoms with Crippen molar-refractivity contribution in [3.63, 3.8) is 0 Å². The molecule has 0 saturated carbocycles. The minimum absolute atomic E-state index is 0.00842. The zero-order valence-corrected chi connectivity index (χ0v) is 11.9. The van der Waals surface area contributed by atoms with Crippen molar-refractivity contribution in [1.29, 1.82) is 0 Å². The number of nitrogen functional groups attached to an aromatic ring is 1. The standard InChI is InChI=1S/C15H20N4O2/c16-13-3-5-14(6-4-13)21-12-7-15(20)17-8-1-10-19-11-2-9-18-19/h2-6,9,11H,1,7-8,10,12,16H2,(H,17,20). The summed E-state index contributed by atoms with van der Waals surface area (Å²) in [6.07, 6.45) is 4.84. The van der Waals surface area contributed by atoms with Crippen LogP contribution in [-0.2, 0) is 11.3 Å². The lowest BCUT2D eigenvalue weighted by Crippen LogP contribution is -2.26. The van der Waals surface area contributed by atoms with Crippen molar-refractivity contribution in [2.75, 3.05) is 18.9 Å². The smallest absolute Gasteiger partial charge is 0.223 e. The van der Waals surface area contributed by atoms with E-state index < -0.39 is 0 Å². The first-order chi connectivity index (χ1) is 10.2. The highest BCUT2D eigenvalue weighted by atomic mass is 16.5. The minimum Gasteiger partial charge on any atom is -0.493 e. The molecule has 1 amide bonds. The van der Waals surface area contributed by atoms with E-state index in [9.17, 15) is 4.79 Å². The number of hydrogen-bond donors (Lipinski definition) is 2. The predicted octanol–water partition coefficient (Wildman–Crippen LogP) is 1.44. The number of nitrogens with zero attached hydrogens (tertiary/aromatic N) is 2. The van der Waals surface area contributed by atoms with E-state index in [4.69, 9.17) is 10.5 Å². The van der Waals surface area contributed by atoms with E-state index in [1.165, 1.54) is 0 Å². The van der Waals surface area contributed by atoms with E-state index in [0.29, 0.717) is 25.3 Å². The van der Waals surface area contributed by atoms with Gasteiger partial charge in [0.1, 0.15) is 5.75 Å². The normalized spacial score (nSPS) is 10.3. The molecule has 1 aromatic heterocycles. The molecule has 112 valence electrons. The lowest BCUT2D eigenvalue weighted by Gasteiger charge is -2.07. The third-order valence-corrected chi connectivity index (χ3v) is 2.92. The summed E-state index contributed by atoms with van der Waals surface area (Å²) in [6.45, 7) is 1.80. The van der Waals surface area contributed by atoms with Crippen LogP contribution in [0.1, 0.15) is 12.8 Å². The van der Waals surface area contributed by atoms with Crippen LogP contribution in [0.25, 0.3) is 0 Å². The number of carbonyl (C=O) groups is 1. The van der Waals surface area contributed by atoms with Gasteiger partial charge in [-0.05, 0) is 36.8 Å². The molecule has 0 radical (unpaired) electrons. The average molecular weight is 288 g/mol. The molecule has 3 N–H and O–H groups in total. The van der Waals surface area contributed by atoms with Crippen LogP contribution in [-0.4, -0.2) is 28.8 Å². The monoisotopic (exact) mass is 288 g/mol. The molecular formula is C15H20N4O2. The quantitative estimate of drug-likeness (QED) is 0.569. The summed E-state index contributed by atoms with van der Waals surface area (Å²) in [4.78, 5) is 11.6. The number of amides is 1. The van der Waals surface area contributed by atoms with E-state index in [1.54, 1.807) is 30.5 Å². The molecule has 6 nitrogen and oxygen atoms in total. The van der Waals surface area contributed by atoms with Gasteiger partial charge < -0.3 is 15.8 Å². The molecule has 0 aliphatic heterocycles. The maximum Gasteiger partial charge on any atom is 0.223 e. The zero-order valence-electron chi connectivity index (χ0n) is 11.9. The van der Waals surface area contributed by atoms with Crippen molar-refractivity contribution in [3.8, 4) is 5.75 Å². The second kappa shape index (κ2) is 7.94. The summed E-state index contributed by atoms with van der Waals surface area (Å²) in [5.74, 6) is 0.710. The SMILES string of the molecule is Nc1ccc(OCCC(=O)NCCCn2cccn2)cc1. The van der Waals surface area contributed by atoms with Gasteiger partial charge in [0.05, 0.1) is 13.0 Å². The molecule has 0 unspecified atom stereocenters. The van der Waals surface area contributed by atoms with E-state index in [0.717, 1.165) is 18.7 Å². The fraction of sp³-hybridized carbons (Fsp3) is 0.333. The molecule has 1 aromatic carbocycles. The lowest BCUT2D eigenvalue weighted by atomic mass is 10.3. The van der Waals surface area contributed by atoms with Crippen LogP contribution in [0, 0.1) is 0 Å². The van der Waals surface area contributed by atoms with E-state index in [1.807, 2.05) is 16.9 Å². The fourth-order valence-corrected chi connectivity index (χ4v) is 1.82. The maximum atomic E-state index is 11.6. The predicted molar refractivity (Wildman–Crippen MR) is 80.8 cm³/mol. The fourth-order valence-electron chi connectivity index (χ4n) is 1.82. The first-order valence-corrected chi connectivity index (χ1v) is 6.96. The van der Waals surface area contributed by atoms with Gasteiger partial charge in [0, 0.05) is 31.2 Å². The number of benzene rings is 1. The molecule has 0 atom stereocenters. The third-order valence-electron chi connectivity index (χ3n) is 2.92. The van der Waals surface area contributed by atoms with Crippen molar-refractivity contribution in [2.45, 2.75) is 19.4 Å². The van der Waals surface area contributed by atoms with Crippen LogP contribution in [0.4, 0.5) is 5.69 Å². The number of nitrogens with two attached hydrogens (primary N) is 1. The van der Waals surface area contributed by atoms with Gasteiger partial charge >= 0.3 is 0 Å². The number of rotatable bonds is 8. The molecule has 0 saturated heterocycles. The minimum atomic E-state index is -0.00842. The first kappa shape index (κ1) is 14.9. The van der Waals surface area contributed by atoms with Crippen LogP contribution >= 0.6 is 0 Å². The molecule has 2 aromatic rings. The van der Waals surface area contributed by atoms with Gasteiger partial charge in [-0.2, -0.15) is 5.10 Å². The van der Waals surface area contributed by atoms with Crippen molar-refractivity contribution in [3.05, 3.63) is 42.7 Å². The van der Waals surface area contributed by atoms with Crippen LogP contribution < -0.4 is 15.8 Å². The Morgan fingerprint density at radius 1 is 1.33 bits per heavy atom. The van der Waals surface area contributed by atoms with Gasteiger partial charge in [-0.3, -0.25) is 9.48 Å². The Kier molecular flexibility index (Phi) is 5.63. The number of aromatic nitrogens is 2. The van der Waals surface area contributed by atoms with Gasteiger partial charge in [0.15, 0.2) is 0 Å². The van der Waals surface area contributed by atoms with Crippen LogP contribution in [0.15, 0.2) is 42.7 Å². The molecule has 6 heteroatoms. The molecule has 21 heavy (non-hydrogen) atoms. The summed E-state index contributed by atoms with van der Waals surface area (Å²) in [5, 5.41) is 6.96.